The molecule has 0 unspecified atom stereocenters. The summed E-state index contributed by atoms with van der Waals surface area (Å²) in [5.74, 6) is 0.245. The predicted molar refractivity (Wildman–Crippen MR) is 71.3 cm³/mol. The quantitative estimate of drug-likeness (QED) is 0.419. The minimum atomic E-state index is -1.36. The van der Waals surface area contributed by atoms with Crippen molar-refractivity contribution in [2.75, 3.05) is 6.54 Å². The van der Waals surface area contributed by atoms with E-state index in [2.05, 4.69) is 12.2 Å². The molecule has 4 heteroatoms. The SMILES string of the molecule is CCCCCc1ccc(O)c(CNCC(O)O)c1. The van der Waals surface area contributed by atoms with Gasteiger partial charge in [-0.15, -0.1) is 0 Å². The van der Waals surface area contributed by atoms with Crippen LogP contribution in [0.2, 0.25) is 0 Å². The number of hydrogen-bond acceptors (Lipinski definition) is 4. The van der Waals surface area contributed by atoms with E-state index in [0.717, 1.165) is 18.4 Å². The van der Waals surface area contributed by atoms with E-state index in [0.29, 0.717) is 6.54 Å². The van der Waals surface area contributed by atoms with Gasteiger partial charge >= 0.3 is 0 Å². The van der Waals surface area contributed by atoms with Gasteiger partial charge in [-0.3, -0.25) is 0 Å². The monoisotopic (exact) mass is 253 g/mol. The smallest absolute Gasteiger partial charge is 0.164 e. The lowest BCUT2D eigenvalue weighted by atomic mass is 10.0. The second kappa shape index (κ2) is 8.08. The summed E-state index contributed by atoms with van der Waals surface area (Å²) in [6, 6.07) is 5.62. The van der Waals surface area contributed by atoms with Gasteiger partial charge < -0.3 is 20.6 Å². The molecule has 0 amide bonds. The number of phenolic OH excluding ortho intramolecular Hbond substituents is 1. The molecule has 0 aromatic heterocycles. The number of aliphatic hydroxyl groups is 2. The van der Waals surface area contributed by atoms with Crippen molar-refractivity contribution in [3.63, 3.8) is 0 Å². The highest BCUT2D eigenvalue weighted by Gasteiger charge is 2.04. The lowest BCUT2D eigenvalue weighted by Gasteiger charge is -2.10. The molecule has 0 bridgehead atoms. The van der Waals surface area contributed by atoms with Gasteiger partial charge in [-0.05, 0) is 24.5 Å². The Balaban J connectivity index is 2.52. The first-order valence-corrected chi connectivity index (χ1v) is 6.51. The van der Waals surface area contributed by atoms with E-state index in [1.54, 1.807) is 6.07 Å². The maximum absolute atomic E-state index is 9.71. The Morgan fingerprint density at radius 3 is 2.67 bits per heavy atom. The molecule has 0 radical (unpaired) electrons. The van der Waals surface area contributed by atoms with Crippen LogP contribution in [0.3, 0.4) is 0 Å². The van der Waals surface area contributed by atoms with Gasteiger partial charge in [0.05, 0.1) is 0 Å². The Hall–Kier alpha value is -1.10. The summed E-state index contributed by atoms with van der Waals surface area (Å²) in [6.45, 7) is 2.71. The number of benzene rings is 1. The van der Waals surface area contributed by atoms with Gasteiger partial charge in [-0.2, -0.15) is 0 Å². The number of rotatable bonds is 8. The zero-order valence-corrected chi connectivity index (χ0v) is 10.9. The molecule has 0 fully saturated rings. The molecule has 0 aliphatic carbocycles. The summed E-state index contributed by atoms with van der Waals surface area (Å²) in [5, 5.41) is 30.0. The molecule has 1 rings (SSSR count). The number of nitrogens with one attached hydrogen (secondary N) is 1. The molecule has 0 spiro atoms. The highest BCUT2D eigenvalue weighted by Crippen LogP contribution is 2.19. The van der Waals surface area contributed by atoms with E-state index < -0.39 is 6.29 Å². The van der Waals surface area contributed by atoms with E-state index in [-0.39, 0.29) is 12.3 Å². The van der Waals surface area contributed by atoms with Crippen molar-refractivity contribution in [1.82, 2.24) is 5.32 Å². The van der Waals surface area contributed by atoms with Crippen LogP contribution in [0.5, 0.6) is 5.75 Å². The molecule has 0 atom stereocenters. The van der Waals surface area contributed by atoms with Crippen molar-refractivity contribution in [3.05, 3.63) is 29.3 Å². The van der Waals surface area contributed by atoms with E-state index in [1.165, 1.54) is 18.4 Å². The maximum atomic E-state index is 9.71. The third-order valence-corrected chi connectivity index (χ3v) is 2.86. The van der Waals surface area contributed by atoms with Crippen LogP contribution >= 0.6 is 0 Å². The Labute approximate surface area is 108 Å². The number of hydrogen-bond donors (Lipinski definition) is 4. The van der Waals surface area contributed by atoms with E-state index >= 15 is 0 Å². The summed E-state index contributed by atoms with van der Waals surface area (Å²) >= 11 is 0. The van der Waals surface area contributed by atoms with Crippen LogP contribution in [0.25, 0.3) is 0 Å². The molecule has 0 heterocycles. The van der Waals surface area contributed by atoms with E-state index in [9.17, 15) is 5.11 Å². The molecule has 102 valence electrons. The number of aliphatic hydroxyl groups excluding tert-OH is 1. The van der Waals surface area contributed by atoms with Crippen molar-refractivity contribution >= 4 is 0 Å². The average Bonchev–Trinajstić information content (AvgIpc) is 2.33. The van der Waals surface area contributed by atoms with E-state index in [4.69, 9.17) is 10.2 Å². The zero-order valence-electron chi connectivity index (χ0n) is 10.9. The third kappa shape index (κ3) is 5.49. The topological polar surface area (TPSA) is 72.7 Å². The summed E-state index contributed by atoms with van der Waals surface area (Å²) in [4.78, 5) is 0. The molecule has 0 saturated heterocycles. The second-order valence-electron chi connectivity index (χ2n) is 4.53. The largest absolute Gasteiger partial charge is 0.508 e. The fourth-order valence-corrected chi connectivity index (χ4v) is 1.85. The molecule has 1 aromatic rings. The summed E-state index contributed by atoms with van der Waals surface area (Å²) in [7, 11) is 0. The van der Waals surface area contributed by atoms with Crippen LogP contribution in [0, 0.1) is 0 Å². The molecular formula is C14H23NO3. The number of aryl methyl sites for hydroxylation is 1. The van der Waals surface area contributed by atoms with Crippen molar-refractivity contribution in [1.29, 1.82) is 0 Å². The summed E-state index contributed by atoms with van der Waals surface area (Å²) in [5.41, 5.74) is 2.01. The number of unbranched alkanes of at least 4 members (excludes halogenated alkanes) is 2. The summed E-state index contributed by atoms with van der Waals surface area (Å²) in [6.07, 6.45) is 3.22. The normalized spacial score (nSPS) is 11.1. The summed E-state index contributed by atoms with van der Waals surface area (Å²) < 4.78 is 0. The van der Waals surface area contributed by atoms with Crippen LogP contribution in [0.15, 0.2) is 18.2 Å². The van der Waals surface area contributed by atoms with Crippen LogP contribution < -0.4 is 5.32 Å². The maximum Gasteiger partial charge on any atom is 0.164 e. The third-order valence-electron chi connectivity index (χ3n) is 2.86. The Morgan fingerprint density at radius 1 is 1.22 bits per heavy atom. The van der Waals surface area contributed by atoms with Gasteiger partial charge in [0.25, 0.3) is 0 Å². The first-order valence-electron chi connectivity index (χ1n) is 6.51. The van der Waals surface area contributed by atoms with Crippen LogP contribution in [0.4, 0.5) is 0 Å². The van der Waals surface area contributed by atoms with Crippen LogP contribution in [-0.4, -0.2) is 28.2 Å². The second-order valence-corrected chi connectivity index (χ2v) is 4.53. The van der Waals surface area contributed by atoms with Gasteiger partial charge in [-0.1, -0.05) is 31.9 Å². The van der Waals surface area contributed by atoms with Crippen molar-refractivity contribution in [2.45, 2.75) is 45.4 Å². The Bertz CT molecular complexity index is 353. The van der Waals surface area contributed by atoms with Crippen molar-refractivity contribution < 1.29 is 15.3 Å². The fraction of sp³-hybridized carbons (Fsp3) is 0.571. The zero-order chi connectivity index (χ0) is 13.4. The number of phenols is 1. The fourth-order valence-electron chi connectivity index (χ4n) is 1.85. The lowest BCUT2D eigenvalue weighted by Crippen LogP contribution is -2.25. The van der Waals surface area contributed by atoms with Gasteiger partial charge in [0.1, 0.15) is 5.75 Å². The van der Waals surface area contributed by atoms with Crippen LogP contribution in [0.1, 0.15) is 37.3 Å². The molecule has 18 heavy (non-hydrogen) atoms. The van der Waals surface area contributed by atoms with E-state index in [1.807, 2.05) is 12.1 Å². The Kier molecular flexibility index (Phi) is 6.72. The molecule has 4 nitrogen and oxygen atoms in total. The van der Waals surface area contributed by atoms with Gasteiger partial charge in [0.2, 0.25) is 0 Å². The molecule has 1 aromatic carbocycles. The van der Waals surface area contributed by atoms with Crippen LogP contribution in [-0.2, 0) is 13.0 Å². The molecule has 0 aliphatic heterocycles. The average molecular weight is 253 g/mol. The first-order chi connectivity index (χ1) is 8.63. The lowest BCUT2D eigenvalue weighted by molar-refractivity contribution is -0.0374. The molecule has 0 aliphatic rings. The molecule has 4 N–H and O–H groups in total. The molecular weight excluding hydrogens is 230 g/mol. The highest BCUT2D eigenvalue weighted by atomic mass is 16.5. The first kappa shape index (κ1) is 15.0. The van der Waals surface area contributed by atoms with Crippen molar-refractivity contribution in [2.24, 2.45) is 0 Å². The van der Waals surface area contributed by atoms with Gasteiger partial charge in [0, 0.05) is 18.7 Å². The minimum absolute atomic E-state index is 0.0967. The highest BCUT2D eigenvalue weighted by molar-refractivity contribution is 5.36. The standard InChI is InChI=1S/C14H23NO3/c1-2-3-4-5-11-6-7-13(16)12(8-11)9-15-10-14(17)18/h6-8,14-18H,2-5,9-10H2,1H3. The van der Waals surface area contributed by atoms with Gasteiger partial charge in [0.15, 0.2) is 6.29 Å². The minimum Gasteiger partial charge on any atom is -0.508 e. The Morgan fingerprint density at radius 2 is 2.00 bits per heavy atom. The predicted octanol–water partition coefficient (Wildman–Crippen LogP) is 1.53. The number of aromatic hydroxyl groups is 1. The van der Waals surface area contributed by atoms with Crippen molar-refractivity contribution in [3.8, 4) is 5.75 Å². The molecule has 0 saturated carbocycles. The van der Waals surface area contributed by atoms with Gasteiger partial charge in [-0.25, -0.2) is 0 Å².